The number of halogens is 1. The third-order valence-corrected chi connectivity index (χ3v) is 10.4. The Kier molecular flexibility index (Phi) is 9.13. The molecule has 1 heterocycles. The summed E-state index contributed by atoms with van der Waals surface area (Å²) in [5.41, 5.74) is 3.78. The third kappa shape index (κ3) is 6.22. The molecule has 0 aromatic heterocycles. The zero-order valence-corrected chi connectivity index (χ0v) is 25.5. The molecular weight excluding hydrogens is 544 g/mol. The van der Waals surface area contributed by atoms with E-state index in [0.29, 0.717) is 35.7 Å². The van der Waals surface area contributed by atoms with Crippen molar-refractivity contribution in [3.8, 4) is 5.75 Å². The van der Waals surface area contributed by atoms with E-state index in [4.69, 9.17) is 16.3 Å². The molecule has 2 aromatic rings. The van der Waals surface area contributed by atoms with Crippen LogP contribution in [0, 0.1) is 17.8 Å². The highest BCUT2D eigenvalue weighted by molar-refractivity contribution is 7.83. The number of nitrogens with one attached hydrogen (secondary N) is 1. The van der Waals surface area contributed by atoms with Gasteiger partial charge in [-0.05, 0) is 104 Å². The van der Waals surface area contributed by atoms with E-state index in [1.54, 1.807) is 13.0 Å². The standard InChI is InChI=1S/C32H43ClN2O4S/c1-4-40(38)34-31(37)23-9-14-30-28(17-23)35(18-24-8-11-26(24)29(36)13-7-21(2)3)19-32(20-39-30)15-5-6-22-16-25(33)10-12-27(22)32/h9-10,12,14,16-17,21,24,26,29,36H,4-8,11,13,15,18-20H2,1-3H3,(H,34,37)/t24?,26?,29?,32-,40?/m0/s1. The second-order valence-corrected chi connectivity index (χ2v) is 14.3. The van der Waals surface area contributed by atoms with Gasteiger partial charge >= 0.3 is 0 Å². The minimum atomic E-state index is -1.41. The molecule has 1 fully saturated rings. The molecule has 1 spiro atoms. The van der Waals surface area contributed by atoms with Gasteiger partial charge in [0.05, 0.1) is 18.4 Å². The molecule has 0 saturated heterocycles. The number of benzene rings is 2. The quantitative estimate of drug-likeness (QED) is 0.374. The van der Waals surface area contributed by atoms with Crippen LogP contribution in [0.15, 0.2) is 36.4 Å². The number of fused-ring (bicyclic) bond motifs is 3. The van der Waals surface area contributed by atoms with E-state index in [1.165, 1.54) is 11.1 Å². The maximum atomic E-state index is 12.9. The van der Waals surface area contributed by atoms with E-state index in [0.717, 1.165) is 74.5 Å². The van der Waals surface area contributed by atoms with Gasteiger partial charge in [-0.3, -0.25) is 9.52 Å². The largest absolute Gasteiger partial charge is 0.490 e. The minimum Gasteiger partial charge on any atom is -0.490 e. The summed E-state index contributed by atoms with van der Waals surface area (Å²) in [5.74, 6) is 2.03. The van der Waals surface area contributed by atoms with E-state index in [2.05, 4.69) is 35.6 Å². The molecule has 1 aliphatic heterocycles. The number of ether oxygens (including phenoxy) is 1. The van der Waals surface area contributed by atoms with Crippen molar-refractivity contribution in [2.45, 2.75) is 77.2 Å². The van der Waals surface area contributed by atoms with Crippen molar-refractivity contribution >= 4 is 34.2 Å². The van der Waals surface area contributed by atoms with Gasteiger partial charge in [-0.15, -0.1) is 0 Å². The Labute approximate surface area is 246 Å². The van der Waals surface area contributed by atoms with E-state index >= 15 is 0 Å². The van der Waals surface area contributed by atoms with Gasteiger partial charge < -0.3 is 14.7 Å². The predicted molar refractivity (Wildman–Crippen MR) is 163 cm³/mol. The number of amides is 1. The van der Waals surface area contributed by atoms with Gasteiger partial charge in [0.2, 0.25) is 0 Å². The fraction of sp³-hybridized carbons (Fsp3) is 0.594. The molecule has 6 nitrogen and oxygen atoms in total. The van der Waals surface area contributed by atoms with E-state index in [9.17, 15) is 14.1 Å². The summed E-state index contributed by atoms with van der Waals surface area (Å²) in [7, 11) is -1.41. The van der Waals surface area contributed by atoms with Crippen molar-refractivity contribution in [3.63, 3.8) is 0 Å². The molecule has 40 heavy (non-hydrogen) atoms. The number of rotatable bonds is 9. The van der Waals surface area contributed by atoms with Gasteiger partial charge in [0, 0.05) is 34.8 Å². The summed E-state index contributed by atoms with van der Waals surface area (Å²) in [6, 6.07) is 11.8. The van der Waals surface area contributed by atoms with Crippen LogP contribution in [0.25, 0.3) is 0 Å². The normalized spacial score (nSPS) is 25.3. The highest BCUT2D eigenvalue weighted by Gasteiger charge is 2.44. The third-order valence-electron chi connectivity index (χ3n) is 9.23. The molecule has 2 N–H and O–H groups in total. The van der Waals surface area contributed by atoms with Gasteiger partial charge in [0.15, 0.2) is 0 Å². The van der Waals surface area contributed by atoms with Crippen LogP contribution in [0.2, 0.25) is 5.02 Å². The lowest BCUT2D eigenvalue weighted by molar-refractivity contribution is 0.00754. The van der Waals surface area contributed by atoms with Gasteiger partial charge in [-0.2, -0.15) is 0 Å². The van der Waals surface area contributed by atoms with Crippen LogP contribution < -0.4 is 14.4 Å². The molecule has 4 unspecified atom stereocenters. The highest BCUT2D eigenvalue weighted by Crippen LogP contribution is 2.47. The maximum Gasteiger partial charge on any atom is 0.263 e. The SMILES string of the molecule is CCS(=O)NC(=O)c1ccc2c(c1)N(CC1CCC1C(O)CCC(C)C)C[C@@]1(CCCc3cc(Cl)ccc31)CO2. The summed E-state index contributed by atoms with van der Waals surface area (Å²) in [5, 5.41) is 11.8. The fourth-order valence-corrected chi connectivity index (χ4v) is 7.48. The summed E-state index contributed by atoms with van der Waals surface area (Å²) in [6.45, 7) is 8.32. The molecule has 2 aliphatic carbocycles. The first-order valence-electron chi connectivity index (χ1n) is 14.9. The van der Waals surface area contributed by atoms with Crippen molar-refractivity contribution in [1.29, 1.82) is 0 Å². The zero-order chi connectivity index (χ0) is 28.4. The molecule has 0 radical (unpaired) electrons. The number of aliphatic hydroxyl groups is 1. The lowest BCUT2D eigenvalue weighted by atomic mass is 9.68. The summed E-state index contributed by atoms with van der Waals surface area (Å²) in [4.78, 5) is 15.3. The van der Waals surface area contributed by atoms with E-state index in [-0.39, 0.29) is 17.4 Å². The Bertz CT molecular complexity index is 1250. The number of carbonyl (C=O) groups excluding carboxylic acids is 1. The zero-order valence-electron chi connectivity index (χ0n) is 24.0. The van der Waals surface area contributed by atoms with Gasteiger partial charge in [0.25, 0.3) is 5.91 Å². The lowest BCUT2D eigenvalue weighted by Gasteiger charge is -2.46. The van der Waals surface area contributed by atoms with Crippen LogP contribution in [0.1, 0.15) is 80.8 Å². The second-order valence-electron chi connectivity index (χ2n) is 12.4. The van der Waals surface area contributed by atoms with Crippen molar-refractivity contribution in [3.05, 3.63) is 58.1 Å². The van der Waals surface area contributed by atoms with Crippen LogP contribution in [-0.4, -0.2) is 46.8 Å². The minimum absolute atomic E-state index is 0.196. The molecular formula is C32H43ClN2O4S. The van der Waals surface area contributed by atoms with Crippen LogP contribution in [0.3, 0.4) is 0 Å². The first-order valence-corrected chi connectivity index (χ1v) is 16.6. The topological polar surface area (TPSA) is 78.9 Å². The average Bonchev–Trinajstić information content (AvgIpc) is 3.06. The van der Waals surface area contributed by atoms with Crippen molar-refractivity contribution in [1.82, 2.24) is 4.72 Å². The molecule has 2 aromatic carbocycles. The Morgan fingerprint density at radius 2 is 2.05 bits per heavy atom. The van der Waals surface area contributed by atoms with E-state index < -0.39 is 11.0 Å². The molecule has 0 bridgehead atoms. The van der Waals surface area contributed by atoms with Crippen LogP contribution in [-0.2, 0) is 22.8 Å². The molecule has 3 aliphatic rings. The smallest absolute Gasteiger partial charge is 0.263 e. The number of aryl methyl sites for hydroxylation is 1. The van der Waals surface area contributed by atoms with Crippen molar-refractivity contribution in [2.24, 2.45) is 17.8 Å². The van der Waals surface area contributed by atoms with Gasteiger partial charge in [-0.1, -0.05) is 38.4 Å². The summed E-state index contributed by atoms with van der Waals surface area (Å²) in [6.07, 6.45) is 6.83. The van der Waals surface area contributed by atoms with Crippen molar-refractivity contribution in [2.75, 3.05) is 30.3 Å². The second kappa shape index (κ2) is 12.4. The Balaban J connectivity index is 1.47. The Morgan fingerprint density at radius 1 is 1.23 bits per heavy atom. The molecule has 1 saturated carbocycles. The van der Waals surface area contributed by atoms with Crippen LogP contribution >= 0.6 is 11.6 Å². The maximum absolute atomic E-state index is 12.9. The lowest BCUT2D eigenvalue weighted by Crippen LogP contribution is -2.49. The monoisotopic (exact) mass is 586 g/mol. The van der Waals surface area contributed by atoms with E-state index in [1.807, 2.05) is 18.2 Å². The first kappa shape index (κ1) is 29.4. The molecule has 5 rings (SSSR count). The Morgan fingerprint density at radius 3 is 2.77 bits per heavy atom. The molecule has 218 valence electrons. The van der Waals surface area contributed by atoms with Gasteiger partial charge in [0.1, 0.15) is 16.7 Å². The number of hydrogen-bond donors (Lipinski definition) is 2. The molecule has 5 atom stereocenters. The van der Waals surface area contributed by atoms with Crippen LogP contribution in [0.5, 0.6) is 5.75 Å². The van der Waals surface area contributed by atoms with Crippen LogP contribution in [0.4, 0.5) is 5.69 Å². The van der Waals surface area contributed by atoms with Crippen molar-refractivity contribution < 1.29 is 18.8 Å². The number of aliphatic hydroxyl groups excluding tert-OH is 1. The summed E-state index contributed by atoms with van der Waals surface area (Å²) >= 11 is 6.39. The van der Waals surface area contributed by atoms with Gasteiger partial charge in [-0.25, -0.2) is 4.21 Å². The average molecular weight is 587 g/mol. The number of anilines is 1. The number of carbonyl (C=O) groups is 1. The molecule has 1 amide bonds. The Hall–Kier alpha value is -2.09. The molecule has 8 heteroatoms. The fourth-order valence-electron chi connectivity index (χ4n) is 6.82. The summed E-state index contributed by atoms with van der Waals surface area (Å²) < 4.78 is 21.2. The number of nitrogens with zero attached hydrogens (tertiary/aromatic N) is 1. The first-order chi connectivity index (χ1) is 19.2. The predicted octanol–water partition coefficient (Wildman–Crippen LogP) is 6.05. The number of hydrogen-bond acceptors (Lipinski definition) is 5. The highest BCUT2D eigenvalue weighted by atomic mass is 35.5.